The lowest BCUT2D eigenvalue weighted by Gasteiger charge is -2.35. The number of phenolic OH excluding ortho intramolecular Hbond substituents is 1. The van der Waals surface area contributed by atoms with E-state index in [1.807, 2.05) is 30.9 Å². The lowest BCUT2D eigenvalue weighted by molar-refractivity contribution is -0.134. The average Bonchev–Trinajstić information content (AvgIpc) is 2.69. The molecule has 0 radical (unpaired) electrons. The molecule has 1 aliphatic carbocycles. The number of carbonyl (C=O) groups is 1. The van der Waals surface area contributed by atoms with Crippen molar-refractivity contribution < 1.29 is 15.0 Å². The van der Waals surface area contributed by atoms with Gasteiger partial charge in [0.05, 0.1) is 5.69 Å². The molecule has 6 nitrogen and oxygen atoms in total. The zero-order valence-corrected chi connectivity index (χ0v) is 16.5. The van der Waals surface area contributed by atoms with E-state index in [4.69, 9.17) is 0 Å². The van der Waals surface area contributed by atoms with Gasteiger partial charge in [-0.05, 0) is 49.3 Å². The van der Waals surface area contributed by atoms with E-state index >= 15 is 0 Å². The highest BCUT2D eigenvalue weighted by Gasteiger charge is 2.28. The van der Waals surface area contributed by atoms with Crippen molar-refractivity contribution in [1.29, 1.82) is 0 Å². The molecule has 1 heterocycles. The van der Waals surface area contributed by atoms with Crippen LogP contribution >= 0.6 is 0 Å². The first-order chi connectivity index (χ1) is 13.5. The van der Waals surface area contributed by atoms with E-state index in [1.54, 1.807) is 16.8 Å². The summed E-state index contributed by atoms with van der Waals surface area (Å²) in [5.41, 5.74) is 2.15. The van der Waals surface area contributed by atoms with Gasteiger partial charge in [-0.3, -0.25) is 9.59 Å². The number of benzene rings is 1. The Hall–Kier alpha value is -2.76. The van der Waals surface area contributed by atoms with Crippen molar-refractivity contribution in [2.24, 2.45) is 0 Å². The zero-order valence-electron chi connectivity index (χ0n) is 16.5. The molecule has 150 valence electrons. The number of aromatic hydroxyl groups is 2. The second kappa shape index (κ2) is 8.50. The number of fused-ring (bicyclic) bond motifs is 1. The summed E-state index contributed by atoms with van der Waals surface area (Å²) < 4.78 is 1.67. The van der Waals surface area contributed by atoms with Gasteiger partial charge in [0, 0.05) is 24.8 Å². The molecular weight excluding hydrogens is 356 g/mol. The molecule has 0 bridgehead atoms. The first kappa shape index (κ1) is 20.0. The fourth-order valence-electron chi connectivity index (χ4n) is 4.15. The number of phenols is 1. The highest BCUT2D eigenvalue weighted by atomic mass is 16.3. The Morgan fingerprint density at radius 3 is 2.75 bits per heavy atom. The second-order valence-electron chi connectivity index (χ2n) is 7.36. The first-order valence-corrected chi connectivity index (χ1v) is 9.96. The van der Waals surface area contributed by atoms with Crippen molar-refractivity contribution in [2.75, 3.05) is 6.54 Å². The molecule has 1 atom stereocenters. The molecule has 0 fully saturated rings. The summed E-state index contributed by atoms with van der Waals surface area (Å²) in [6.45, 7) is 4.65. The standard InChI is InChI=1S/C22H28N2O4/c1-3-11-24(16-8-9-17-15(13-16)6-5-7-19(17)25)21(27)14-23-12-10-20(26)22(28)18(23)4-2/h5-7,10,12,16,25,28H,3-4,8-9,11,13-14H2,1-2H3. The Morgan fingerprint density at radius 2 is 2.04 bits per heavy atom. The van der Waals surface area contributed by atoms with E-state index in [-0.39, 0.29) is 24.2 Å². The monoisotopic (exact) mass is 384 g/mol. The van der Waals surface area contributed by atoms with Crippen LogP contribution in [0.5, 0.6) is 11.5 Å². The quantitative estimate of drug-likeness (QED) is 0.802. The number of rotatable bonds is 6. The molecule has 28 heavy (non-hydrogen) atoms. The van der Waals surface area contributed by atoms with Crippen molar-refractivity contribution in [3.63, 3.8) is 0 Å². The van der Waals surface area contributed by atoms with Crippen molar-refractivity contribution >= 4 is 5.91 Å². The van der Waals surface area contributed by atoms with Crippen LogP contribution in [0.3, 0.4) is 0 Å². The highest BCUT2D eigenvalue weighted by molar-refractivity contribution is 5.76. The largest absolute Gasteiger partial charge is 0.508 e. The van der Waals surface area contributed by atoms with Crippen molar-refractivity contribution in [3.8, 4) is 11.5 Å². The average molecular weight is 384 g/mol. The van der Waals surface area contributed by atoms with Gasteiger partial charge in [-0.1, -0.05) is 26.0 Å². The van der Waals surface area contributed by atoms with Gasteiger partial charge in [-0.2, -0.15) is 0 Å². The molecule has 1 aromatic heterocycles. The van der Waals surface area contributed by atoms with E-state index in [0.717, 1.165) is 36.8 Å². The van der Waals surface area contributed by atoms with Crippen LogP contribution in [0, 0.1) is 0 Å². The minimum atomic E-state index is -0.422. The molecule has 2 N–H and O–H groups in total. The Kier molecular flexibility index (Phi) is 6.07. The summed E-state index contributed by atoms with van der Waals surface area (Å²) in [7, 11) is 0. The molecular formula is C22H28N2O4. The number of pyridine rings is 1. The van der Waals surface area contributed by atoms with Gasteiger partial charge in [-0.25, -0.2) is 0 Å². The fourth-order valence-corrected chi connectivity index (χ4v) is 4.15. The van der Waals surface area contributed by atoms with Crippen molar-refractivity contribution in [1.82, 2.24) is 9.47 Å². The van der Waals surface area contributed by atoms with Gasteiger partial charge < -0.3 is 19.7 Å². The first-order valence-electron chi connectivity index (χ1n) is 9.96. The SMILES string of the molecule is CCCN(C(=O)Cn1ccc(=O)c(O)c1CC)C1CCc2c(O)cccc2C1. The normalized spacial score (nSPS) is 15.9. The minimum Gasteiger partial charge on any atom is -0.508 e. The minimum absolute atomic E-state index is 0.0202. The Morgan fingerprint density at radius 1 is 1.25 bits per heavy atom. The molecule has 3 rings (SSSR count). The number of nitrogens with zero attached hydrogens (tertiary/aromatic N) is 2. The second-order valence-corrected chi connectivity index (χ2v) is 7.36. The maximum Gasteiger partial charge on any atom is 0.242 e. The fraction of sp³-hybridized carbons (Fsp3) is 0.455. The van der Waals surface area contributed by atoms with E-state index < -0.39 is 5.43 Å². The van der Waals surface area contributed by atoms with E-state index in [0.29, 0.717) is 24.4 Å². The van der Waals surface area contributed by atoms with E-state index in [9.17, 15) is 19.8 Å². The molecule has 1 aromatic carbocycles. The number of amides is 1. The van der Waals surface area contributed by atoms with Crippen LogP contribution in [0.2, 0.25) is 0 Å². The molecule has 2 aromatic rings. The third-order valence-electron chi connectivity index (χ3n) is 5.56. The van der Waals surface area contributed by atoms with E-state index in [2.05, 4.69) is 0 Å². The number of carbonyl (C=O) groups excluding carboxylic acids is 1. The van der Waals surface area contributed by atoms with Crippen molar-refractivity contribution in [3.05, 3.63) is 57.5 Å². The van der Waals surface area contributed by atoms with Gasteiger partial charge in [0.25, 0.3) is 0 Å². The van der Waals surface area contributed by atoms with Gasteiger partial charge in [-0.15, -0.1) is 0 Å². The summed E-state index contributed by atoms with van der Waals surface area (Å²) in [5, 5.41) is 20.1. The maximum absolute atomic E-state index is 13.1. The highest BCUT2D eigenvalue weighted by Crippen LogP contribution is 2.31. The number of hydrogen-bond acceptors (Lipinski definition) is 4. The van der Waals surface area contributed by atoms with Crippen LogP contribution in [-0.4, -0.2) is 38.2 Å². The molecule has 6 heteroatoms. The molecule has 0 saturated heterocycles. The van der Waals surface area contributed by atoms with Crippen LogP contribution in [0.25, 0.3) is 0 Å². The summed E-state index contributed by atoms with van der Waals surface area (Å²) in [4.78, 5) is 26.7. The predicted molar refractivity (Wildman–Crippen MR) is 108 cm³/mol. The van der Waals surface area contributed by atoms with E-state index in [1.165, 1.54) is 6.07 Å². The van der Waals surface area contributed by atoms with Gasteiger partial charge in [0.1, 0.15) is 12.3 Å². The van der Waals surface area contributed by atoms with Crippen LogP contribution < -0.4 is 5.43 Å². The predicted octanol–water partition coefficient (Wildman–Crippen LogP) is 2.62. The Bertz CT molecular complexity index is 919. The molecule has 0 spiro atoms. The topological polar surface area (TPSA) is 82.8 Å². The zero-order chi connectivity index (χ0) is 20.3. The molecule has 0 aliphatic heterocycles. The molecule has 1 aliphatic rings. The Balaban J connectivity index is 1.82. The van der Waals surface area contributed by atoms with Gasteiger partial charge in [0.2, 0.25) is 11.3 Å². The summed E-state index contributed by atoms with van der Waals surface area (Å²) >= 11 is 0. The lowest BCUT2D eigenvalue weighted by Crippen LogP contribution is -2.45. The number of aromatic nitrogens is 1. The van der Waals surface area contributed by atoms with Crippen LogP contribution in [-0.2, 0) is 30.6 Å². The lowest BCUT2D eigenvalue weighted by atomic mass is 9.86. The smallest absolute Gasteiger partial charge is 0.242 e. The molecule has 1 unspecified atom stereocenters. The van der Waals surface area contributed by atoms with Gasteiger partial charge in [0.15, 0.2) is 5.75 Å². The van der Waals surface area contributed by atoms with Crippen LogP contribution in [0.4, 0.5) is 0 Å². The summed E-state index contributed by atoms with van der Waals surface area (Å²) in [6.07, 6.45) is 5.19. The summed E-state index contributed by atoms with van der Waals surface area (Å²) in [6, 6.07) is 6.96. The third-order valence-corrected chi connectivity index (χ3v) is 5.56. The number of hydrogen-bond donors (Lipinski definition) is 2. The van der Waals surface area contributed by atoms with Gasteiger partial charge >= 0.3 is 0 Å². The maximum atomic E-state index is 13.1. The molecule has 0 saturated carbocycles. The Labute approximate surface area is 165 Å². The van der Waals surface area contributed by atoms with Crippen LogP contribution in [0.1, 0.15) is 43.5 Å². The third kappa shape index (κ3) is 3.91. The molecule has 1 amide bonds. The van der Waals surface area contributed by atoms with Crippen LogP contribution in [0.15, 0.2) is 35.3 Å². The van der Waals surface area contributed by atoms with Crippen molar-refractivity contribution in [2.45, 2.75) is 58.5 Å². The summed E-state index contributed by atoms with van der Waals surface area (Å²) in [5.74, 6) is 0.0377.